The Morgan fingerprint density at radius 3 is 2.50 bits per heavy atom. The Morgan fingerprint density at radius 1 is 1.18 bits per heavy atom. The minimum atomic E-state index is -1.37. The lowest BCUT2D eigenvalue weighted by molar-refractivity contribution is -0.255. The number of aromatic nitrogens is 2. The van der Waals surface area contributed by atoms with Crippen molar-refractivity contribution in [2.24, 2.45) is 4.99 Å². The van der Waals surface area contributed by atoms with Gasteiger partial charge in [0.05, 0.1) is 23.1 Å². The fourth-order valence-electron chi connectivity index (χ4n) is 2.63. The summed E-state index contributed by atoms with van der Waals surface area (Å²) in [7, 11) is 0. The number of rotatable bonds is 4. The molecule has 0 aliphatic carbocycles. The quantitative estimate of drug-likeness (QED) is 0.642. The van der Waals surface area contributed by atoms with Crippen LogP contribution in [0.3, 0.4) is 0 Å². The largest absolute Gasteiger partial charge is 0.545 e. The molecule has 9 heteroatoms. The number of H-pyrrole nitrogens is 1. The number of nitrogens with one attached hydrogen (secondary N) is 1. The number of hydrogen-bond donors (Lipinski definition) is 2. The Balaban J connectivity index is 2.16. The summed E-state index contributed by atoms with van der Waals surface area (Å²) in [5, 5.41) is 22.0. The molecular weight excluding hydrogens is 386 g/mol. The monoisotopic (exact) mass is 398 g/mol. The SMILES string of the molecule is CC(=Nc1cccc(C(=O)[O-])c1)c1c(O)n(-c2ccc(Cl)cc2)c(=O)[nH]c1=O. The number of carboxylic acids is 1. The van der Waals surface area contributed by atoms with Crippen LogP contribution in [0, 0.1) is 0 Å². The van der Waals surface area contributed by atoms with Gasteiger partial charge in [-0.3, -0.25) is 14.8 Å². The Labute approximate surface area is 163 Å². The smallest absolute Gasteiger partial charge is 0.335 e. The van der Waals surface area contributed by atoms with Gasteiger partial charge >= 0.3 is 5.69 Å². The van der Waals surface area contributed by atoms with Gasteiger partial charge in [-0.25, -0.2) is 9.36 Å². The van der Waals surface area contributed by atoms with Gasteiger partial charge in [-0.2, -0.15) is 0 Å². The Kier molecular flexibility index (Phi) is 5.14. The van der Waals surface area contributed by atoms with Crippen molar-refractivity contribution >= 4 is 29.0 Å². The molecule has 0 spiro atoms. The molecule has 142 valence electrons. The van der Waals surface area contributed by atoms with Crippen LogP contribution in [0.5, 0.6) is 5.88 Å². The number of aliphatic imine (C=N–C) groups is 1. The van der Waals surface area contributed by atoms with Crippen molar-refractivity contribution in [2.45, 2.75) is 6.92 Å². The number of carboxylic acid groups (broad SMARTS) is 1. The summed E-state index contributed by atoms with van der Waals surface area (Å²) in [6.45, 7) is 1.45. The predicted molar refractivity (Wildman–Crippen MR) is 102 cm³/mol. The number of halogens is 1. The van der Waals surface area contributed by atoms with E-state index in [1.54, 1.807) is 0 Å². The molecule has 3 rings (SSSR count). The van der Waals surface area contributed by atoms with Crippen LogP contribution in [-0.4, -0.2) is 26.3 Å². The standard InChI is InChI=1S/C19H14ClN3O5/c1-10(21-13-4-2-3-11(9-13)18(26)27)15-16(24)22-19(28)23(17(15)25)14-7-5-12(20)6-8-14/h2-9,25H,1H3,(H,26,27)(H,22,24,28)/p-1. The van der Waals surface area contributed by atoms with E-state index in [0.29, 0.717) is 5.02 Å². The van der Waals surface area contributed by atoms with E-state index in [2.05, 4.69) is 9.98 Å². The highest BCUT2D eigenvalue weighted by molar-refractivity contribution is 6.30. The van der Waals surface area contributed by atoms with E-state index in [-0.39, 0.29) is 28.2 Å². The van der Waals surface area contributed by atoms with Crippen molar-refractivity contribution < 1.29 is 15.0 Å². The van der Waals surface area contributed by atoms with Gasteiger partial charge in [-0.1, -0.05) is 23.7 Å². The lowest BCUT2D eigenvalue weighted by Gasteiger charge is -2.11. The molecule has 0 radical (unpaired) electrons. The first-order valence-electron chi connectivity index (χ1n) is 7.99. The van der Waals surface area contributed by atoms with Crippen molar-refractivity contribution in [2.75, 3.05) is 0 Å². The summed E-state index contributed by atoms with van der Waals surface area (Å²) in [5.74, 6) is -1.97. The number of benzene rings is 2. The second-order valence-corrected chi connectivity index (χ2v) is 6.24. The molecule has 2 aromatic carbocycles. The van der Waals surface area contributed by atoms with Crippen LogP contribution in [0.1, 0.15) is 22.8 Å². The molecule has 0 aliphatic heterocycles. The fourth-order valence-corrected chi connectivity index (χ4v) is 2.76. The zero-order valence-corrected chi connectivity index (χ0v) is 15.2. The summed E-state index contributed by atoms with van der Waals surface area (Å²) in [5.41, 5.74) is -1.37. The lowest BCUT2D eigenvalue weighted by atomic mass is 10.1. The van der Waals surface area contributed by atoms with Gasteiger partial charge in [-0.05, 0) is 48.9 Å². The molecule has 1 heterocycles. The number of carbonyl (C=O) groups is 1. The van der Waals surface area contributed by atoms with E-state index in [1.165, 1.54) is 55.5 Å². The maximum absolute atomic E-state index is 12.3. The van der Waals surface area contributed by atoms with Gasteiger partial charge in [0.15, 0.2) is 0 Å². The minimum absolute atomic E-state index is 0.0805. The highest BCUT2D eigenvalue weighted by Crippen LogP contribution is 2.21. The summed E-state index contributed by atoms with van der Waals surface area (Å²) >= 11 is 5.84. The molecule has 0 fully saturated rings. The molecular formula is C19H13ClN3O5-. The predicted octanol–water partition coefficient (Wildman–Crippen LogP) is 1.39. The third-order valence-electron chi connectivity index (χ3n) is 3.91. The summed E-state index contributed by atoms with van der Waals surface area (Å²) in [6.07, 6.45) is 0. The Bertz CT molecular complexity index is 1210. The highest BCUT2D eigenvalue weighted by atomic mass is 35.5. The second kappa shape index (κ2) is 7.53. The third kappa shape index (κ3) is 3.72. The molecule has 0 unspecified atom stereocenters. The normalized spacial score (nSPS) is 11.4. The number of hydrogen-bond acceptors (Lipinski definition) is 6. The van der Waals surface area contributed by atoms with Crippen molar-refractivity contribution in [3.8, 4) is 11.6 Å². The van der Waals surface area contributed by atoms with Gasteiger partial charge in [0.1, 0.15) is 5.56 Å². The van der Waals surface area contributed by atoms with Crippen LogP contribution in [-0.2, 0) is 0 Å². The number of aromatic hydroxyl groups is 1. The Hall–Kier alpha value is -3.65. The molecule has 3 aromatic rings. The molecule has 0 bridgehead atoms. The Morgan fingerprint density at radius 2 is 1.86 bits per heavy atom. The third-order valence-corrected chi connectivity index (χ3v) is 4.16. The molecule has 0 amide bonds. The van der Waals surface area contributed by atoms with E-state index >= 15 is 0 Å². The first kappa shape index (κ1) is 19.1. The van der Waals surface area contributed by atoms with E-state index < -0.39 is 23.1 Å². The second-order valence-electron chi connectivity index (χ2n) is 5.80. The number of nitrogens with zero attached hydrogens (tertiary/aromatic N) is 2. The van der Waals surface area contributed by atoms with Crippen LogP contribution in [0.15, 0.2) is 63.1 Å². The summed E-state index contributed by atoms with van der Waals surface area (Å²) in [6, 6.07) is 11.7. The molecule has 2 N–H and O–H groups in total. The van der Waals surface area contributed by atoms with E-state index in [0.717, 1.165) is 4.57 Å². The zero-order chi connectivity index (χ0) is 20.4. The maximum atomic E-state index is 12.3. The molecule has 1 aromatic heterocycles. The average Bonchev–Trinajstić information content (AvgIpc) is 2.63. The van der Waals surface area contributed by atoms with Crippen LogP contribution >= 0.6 is 11.6 Å². The number of aromatic carboxylic acids is 1. The first-order valence-corrected chi connectivity index (χ1v) is 8.37. The highest BCUT2D eigenvalue weighted by Gasteiger charge is 2.18. The summed E-state index contributed by atoms with van der Waals surface area (Å²) < 4.78 is 0.906. The molecule has 0 saturated heterocycles. The van der Waals surface area contributed by atoms with Crippen LogP contribution in [0.25, 0.3) is 5.69 Å². The van der Waals surface area contributed by atoms with E-state index in [4.69, 9.17) is 11.6 Å². The van der Waals surface area contributed by atoms with Crippen molar-refractivity contribution in [1.82, 2.24) is 9.55 Å². The van der Waals surface area contributed by atoms with Gasteiger partial charge in [0.25, 0.3) is 5.56 Å². The van der Waals surface area contributed by atoms with E-state index in [9.17, 15) is 24.6 Å². The number of carbonyl (C=O) groups excluding carboxylic acids is 1. The topological polar surface area (TPSA) is 128 Å². The molecule has 0 atom stereocenters. The molecule has 0 aliphatic rings. The van der Waals surface area contributed by atoms with Crippen molar-refractivity contribution in [3.63, 3.8) is 0 Å². The summed E-state index contributed by atoms with van der Waals surface area (Å²) in [4.78, 5) is 41.8. The van der Waals surface area contributed by atoms with Gasteiger partial charge in [0.2, 0.25) is 5.88 Å². The van der Waals surface area contributed by atoms with Crippen LogP contribution < -0.4 is 16.4 Å². The average molecular weight is 399 g/mol. The van der Waals surface area contributed by atoms with Gasteiger partial charge in [0, 0.05) is 5.02 Å². The lowest BCUT2D eigenvalue weighted by Crippen LogP contribution is -2.32. The molecule has 0 saturated carbocycles. The van der Waals surface area contributed by atoms with Gasteiger partial charge in [-0.15, -0.1) is 0 Å². The maximum Gasteiger partial charge on any atom is 0.335 e. The van der Waals surface area contributed by atoms with Crippen molar-refractivity contribution in [3.05, 3.63) is 85.5 Å². The first-order chi connectivity index (χ1) is 13.3. The molecule has 8 nitrogen and oxygen atoms in total. The van der Waals surface area contributed by atoms with Gasteiger partial charge < -0.3 is 15.0 Å². The zero-order valence-electron chi connectivity index (χ0n) is 14.5. The van der Waals surface area contributed by atoms with E-state index in [1.807, 2.05) is 0 Å². The molecule has 28 heavy (non-hydrogen) atoms. The van der Waals surface area contributed by atoms with Crippen molar-refractivity contribution in [1.29, 1.82) is 0 Å². The minimum Gasteiger partial charge on any atom is -0.545 e. The number of aromatic amines is 1. The fraction of sp³-hybridized carbons (Fsp3) is 0.0526. The van der Waals surface area contributed by atoms with Crippen LogP contribution in [0.4, 0.5) is 5.69 Å². The van der Waals surface area contributed by atoms with Crippen LogP contribution in [0.2, 0.25) is 5.02 Å².